The van der Waals surface area contributed by atoms with Gasteiger partial charge in [-0.05, 0) is 31.1 Å². The molecule has 1 amide bonds. The van der Waals surface area contributed by atoms with E-state index in [1.807, 2.05) is 10.7 Å². The molecule has 120 valence electrons. The van der Waals surface area contributed by atoms with Crippen LogP contribution in [0.5, 0.6) is 0 Å². The first-order valence-electron chi connectivity index (χ1n) is 8.49. The van der Waals surface area contributed by atoms with Gasteiger partial charge in [-0.3, -0.25) is 9.78 Å². The van der Waals surface area contributed by atoms with Gasteiger partial charge in [-0.15, -0.1) is 0 Å². The largest absolute Gasteiger partial charge is 0.352 e. The molecule has 0 unspecified atom stereocenters. The van der Waals surface area contributed by atoms with E-state index in [4.69, 9.17) is 0 Å². The molecule has 0 aromatic carbocycles. The van der Waals surface area contributed by atoms with Crippen molar-refractivity contribution in [3.05, 3.63) is 18.7 Å². The van der Waals surface area contributed by atoms with Crippen molar-refractivity contribution in [3.63, 3.8) is 0 Å². The van der Waals surface area contributed by atoms with E-state index in [1.165, 1.54) is 12.8 Å². The Morgan fingerprint density at radius 3 is 2.74 bits per heavy atom. The van der Waals surface area contributed by atoms with E-state index in [9.17, 15) is 4.79 Å². The second kappa shape index (κ2) is 4.91. The normalized spacial score (nSPS) is 27.5. The van der Waals surface area contributed by atoms with E-state index in [-0.39, 0.29) is 0 Å². The Hall–Kier alpha value is -2.18. The van der Waals surface area contributed by atoms with Gasteiger partial charge >= 0.3 is 0 Å². The van der Waals surface area contributed by atoms with E-state index in [0.29, 0.717) is 17.7 Å². The summed E-state index contributed by atoms with van der Waals surface area (Å²) in [5.41, 5.74) is 0.756. The summed E-state index contributed by atoms with van der Waals surface area (Å²) in [6.07, 6.45) is 8.90. The highest BCUT2D eigenvalue weighted by Crippen LogP contribution is 2.54. The number of nitrogens with zero attached hydrogens (tertiary/aromatic N) is 6. The first-order chi connectivity index (χ1) is 11.3. The molecule has 3 fully saturated rings. The van der Waals surface area contributed by atoms with Gasteiger partial charge in [-0.1, -0.05) is 0 Å². The molecule has 7 nitrogen and oxygen atoms in total. The van der Waals surface area contributed by atoms with Crippen LogP contribution in [0.15, 0.2) is 18.7 Å². The van der Waals surface area contributed by atoms with Crippen molar-refractivity contribution in [2.45, 2.75) is 19.3 Å². The maximum Gasteiger partial charge on any atom is 0.226 e. The summed E-state index contributed by atoms with van der Waals surface area (Å²) >= 11 is 0. The van der Waals surface area contributed by atoms with E-state index < -0.39 is 0 Å². The lowest BCUT2D eigenvalue weighted by Gasteiger charge is -2.35. The van der Waals surface area contributed by atoms with Crippen LogP contribution in [0.2, 0.25) is 0 Å². The molecule has 2 saturated carbocycles. The van der Waals surface area contributed by atoms with Crippen molar-refractivity contribution < 1.29 is 4.79 Å². The topological polar surface area (TPSA) is 66.6 Å². The second-order valence-corrected chi connectivity index (χ2v) is 6.95. The van der Waals surface area contributed by atoms with Gasteiger partial charge in [0, 0.05) is 32.1 Å². The van der Waals surface area contributed by atoms with Gasteiger partial charge < -0.3 is 9.80 Å². The Labute approximate surface area is 134 Å². The van der Waals surface area contributed by atoms with E-state index in [0.717, 1.165) is 50.0 Å². The highest BCUT2D eigenvalue weighted by atomic mass is 16.2. The van der Waals surface area contributed by atoms with Gasteiger partial charge in [0.1, 0.15) is 6.33 Å². The van der Waals surface area contributed by atoms with Crippen LogP contribution in [-0.2, 0) is 4.79 Å². The van der Waals surface area contributed by atoms with Crippen molar-refractivity contribution in [1.29, 1.82) is 0 Å². The molecule has 2 aromatic rings. The molecule has 3 aliphatic rings. The molecule has 2 aliphatic carbocycles. The Morgan fingerprint density at radius 1 is 1.13 bits per heavy atom. The fraction of sp³-hybridized carbons (Fsp3) is 0.625. The van der Waals surface area contributed by atoms with Crippen molar-refractivity contribution in [2.75, 3.05) is 31.1 Å². The quantitative estimate of drug-likeness (QED) is 0.839. The zero-order chi connectivity index (χ0) is 15.4. The first-order valence-corrected chi connectivity index (χ1v) is 8.49. The number of anilines is 1. The minimum atomic E-state index is 0.328. The summed E-state index contributed by atoms with van der Waals surface area (Å²) in [6.45, 7) is 3.23. The Bertz CT molecular complexity index is 746. The highest BCUT2D eigenvalue weighted by molar-refractivity contribution is 5.82. The fourth-order valence-electron chi connectivity index (χ4n) is 3.89. The van der Waals surface area contributed by atoms with Gasteiger partial charge in [0.2, 0.25) is 5.91 Å². The molecular formula is C16H20N6O. The molecular weight excluding hydrogens is 292 g/mol. The van der Waals surface area contributed by atoms with Crippen LogP contribution in [0.25, 0.3) is 5.65 Å². The van der Waals surface area contributed by atoms with Crippen LogP contribution in [0.4, 0.5) is 5.82 Å². The molecule has 2 atom stereocenters. The average Bonchev–Trinajstić information content (AvgIpc) is 3.49. The van der Waals surface area contributed by atoms with Crippen molar-refractivity contribution in [3.8, 4) is 0 Å². The van der Waals surface area contributed by atoms with E-state index in [1.54, 1.807) is 12.5 Å². The average molecular weight is 312 g/mol. The van der Waals surface area contributed by atoms with Gasteiger partial charge in [0.25, 0.3) is 0 Å². The minimum absolute atomic E-state index is 0.328. The summed E-state index contributed by atoms with van der Waals surface area (Å²) in [4.78, 5) is 25.3. The number of carbonyl (C=O) groups is 1. The SMILES string of the molecule is O=C([C@@H]1C[C@@H]1C1CC1)N1CCN(c2cncc3ncnn23)CC1. The van der Waals surface area contributed by atoms with Crippen LogP contribution in [0.1, 0.15) is 19.3 Å². The molecule has 1 aliphatic heterocycles. The van der Waals surface area contributed by atoms with Gasteiger partial charge in [-0.2, -0.15) is 9.61 Å². The predicted octanol–water partition coefficient (Wildman–Crippen LogP) is 0.819. The summed E-state index contributed by atoms with van der Waals surface area (Å²) in [6, 6.07) is 0. The van der Waals surface area contributed by atoms with Crippen LogP contribution < -0.4 is 4.90 Å². The monoisotopic (exact) mass is 312 g/mol. The van der Waals surface area contributed by atoms with E-state index >= 15 is 0 Å². The molecule has 3 heterocycles. The van der Waals surface area contributed by atoms with Crippen LogP contribution >= 0.6 is 0 Å². The zero-order valence-electron chi connectivity index (χ0n) is 13.0. The lowest BCUT2D eigenvalue weighted by molar-refractivity contribution is -0.133. The number of rotatable bonds is 3. The minimum Gasteiger partial charge on any atom is -0.352 e. The van der Waals surface area contributed by atoms with Crippen molar-refractivity contribution >= 4 is 17.4 Å². The molecule has 2 aromatic heterocycles. The van der Waals surface area contributed by atoms with Crippen LogP contribution in [0.3, 0.4) is 0 Å². The summed E-state index contributed by atoms with van der Waals surface area (Å²) in [7, 11) is 0. The molecule has 1 saturated heterocycles. The molecule has 0 bridgehead atoms. The molecule has 5 rings (SSSR count). The zero-order valence-corrected chi connectivity index (χ0v) is 13.0. The van der Waals surface area contributed by atoms with Crippen molar-refractivity contribution in [2.24, 2.45) is 17.8 Å². The fourth-order valence-corrected chi connectivity index (χ4v) is 3.89. The Balaban J connectivity index is 1.25. The molecule has 0 N–H and O–H groups in total. The summed E-state index contributed by atoms with van der Waals surface area (Å²) in [5.74, 6) is 3.23. The molecule has 0 spiro atoms. The van der Waals surface area contributed by atoms with Gasteiger partial charge in [-0.25, -0.2) is 4.98 Å². The number of amides is 1. The maximum absolute atomic E-state index is 12.6. The third-order valence-electron chi connectivity index (χ3n) is 5.47. The molecule has 0 radical (unpaired) electrons. The van der Waals surface area contributed by atoms with Crippen LogP contribution in [-0.4, -0.2) is 56.6 Å². The highest BCUT2D eigenvalue weighted by Gasteiger charge is 2.52. The number of aromatic nitrogens is 4. The number of piperazine rings is 1. The maximum atomic E-state index is 12.6. The Kier molecular flexibility index (Phi) is 2.83. The predicted molar refractivity (Wildman–Crippen MR) is 83.9 cm³/mol. The number of hydrogen-bond acceptors (Lipinski definition) is 5. The van der Waals surface area contributed by atoms with E-state index in [2.05, 4.69) is 24.9 Å². The number of carbonyl (C=O) groups excluding carboxylic acids is 1. The summed E-state index contributed by atoms with van der Waals surface area (Å²) in [5, 5.41) is 4.27. The standard InChI is InChI=1S/C16H20N6O/c23-16(13-7-12(13)11-1-2-11)21-5-3-20(4-6-21)15-9-17-8-14-18-10-19-22(14)15/h8-13H,1-7H2/t12-,13-/m1/s1. The van der Waals surface area contributed by atoms with Gasteiger partial charge in [0.05, 0.1) is 12.4 Å². The summed E-state index contributed by atoms with van der Waals surface area (Å²) < 4.78 is 1.81. The Morgan fingerprint density at radius 2 is 1.96 bits per heavy atom. The molecule has 7 heteroatoms. The van der Waals surface area contributed by atoms with Gasteiger partial charge in [0.15, 0.2) is 11.5 Å². The number of hydrogen-bond donors (Lipinski definition) is 0. The van der Waals surface area contributed by atoms with Crippen molar-refractivity contribution in [1.82, 2.24) is 24.5 Å². The first kappa shape index (κ1) is 13.3. The lowest BCUT2D eigenvalue weighted by atomic mass is 10.2. The van der Waals surface area contributed by atoms with Crippen LogP contribution in [0, 0.1) is 17.8 Å². The molecule has 23 heavy (non-hydrogen) atoms. The third-order valence-corrected chi connectivity index (χ3v) is 5.47. The third kappa shape index (κ3) is 2.26. The second-order valence-electron chi connectivity index (χ2n) is 6.95. The smallest absolute Gasteiger partial charge is 0.226 e. The number of fused-ring (bicyclic) bond motifs is 1. The lowest BCUT2D eigenvalue weighted by Crippen LogP contribution is -2.50.